The van der Waals surface area contributed by atoms with E-state index in [1.807, 2.05) is 16.8 Å². The van der Waals surface area contributed by atoms with Gasteiger partial charge in [-0.3, -0.25) is 4.68 Å². The van der Waals surface area contributed by atoms with Crippen molar-refractivity contribution >= 4 is 0 Å². The summed E-state index contributed by atoms with van der Waals surface area (Å²) in [5.41, 5.74) is 7.81. The number of benzene rings is 1. The molecule has 0 aliphatic heterocycles. The summed E-state index contributed by atoms with van der Waals surface area (Å²) in [5.74, 6) is -0.264. The Kier molecular flexibility index (Phi) is 3.54. The van der Waals surface area contributed by atoms with Gasteiger partial charge in [0.25, 0.3) is 0 Å². The Morgan fingerprint density at radius 3 is 2.94 bits per heavy atom. The molecule has 2 rings (SSSR count). The number of halogens is 1. The number of nitrogens with two attached hydrogens (primary N) is 1. The van der Waals surface area contributed by atoms with Gasteiger partial charge in [0.15, 0.2) is 0 Å². The molecule has 0 amide bonds. The molecular formula is C13H16FN3. The number of rotatable bonds is 4. The van der Waals surface area contributed by atoms with Crippen LogP contribution in [-0.4, -0.2) is 9.78 Å². The molecule has 1 aromatic carbocycles. The van der Waals surface area contributed by atoms with Crippen LogP contribution in [0.25, 0.3) is 0 Å². The molecule has 1 heterocycles. The van der Waals surface area contributed by atoms with Crippen molar-refractivity contribution in [3.05, 3.63) is 53.6 Å². The fourth-order valence-corrected chi connectivity index (χ4v) is 1.88. The van der Waals surface area contributed by atoms with E-state index in [0.717, 1.165) is 24.2 Å². The van der Waals surface area contributed by atoms with E-state index in [0.29, 0.717) is 0 Å². The number of nitrogens with zero attached hydrogens (tertiary/aromatic N) is 2. The van der Waals surface area contributed by atoms with E-state index in [4.69, 9.17) is 5.73 Å². The Bertz CT molecular complexity index is 493. The Labute approximate surface area is 100 Å². The molecule has 1 aromatic heterocycles. The quantitative estimate of drug-likeness (QED) is 0.881. The highest BCUT2D eigenvalue weighted by atomic mass is 19.1. The number of aromatic nitrogens is 2. The molecule has 90 valence electrons. The van der Waals surface area contributed by atoms with Crippen LogP contribution >= 0.6 is 0 Å². The summed E-state index contributed by atoms with van der Waals surface area (Å²) in [6, 6.07) is 7.93. The zero-order valence-electron chi connectivity index (χ0n) is 9.81. The van der Waals surface area contributed by atoms with Crippen LogP contribution in [-0.2, 0) is 6.54 Å². The van der Waals surface area contributed by atoms with Crippen LogP contribution in [0.3, 0.4) is 0 Å². The zero-order chi connectivity index (χ0) is 12.3. The van der Waals surface area contributed by atoms with E-state index in [1.54, 1.807) is 12.3 Å². The van der Waals surface area contributed by atoms with Crippen LogP contribution in [0.1, 0.15) is 30.6 Å². The Hall–Kier alpha value is -1.68. The molecule has 0 saturated heterocycles. The van der Waals surface area contributed by atoms with Crippen molar-refractivity contribution in [3.63, 3.8) is 0 Å². The fraction of sp³-hybridized carbons (Fsp3) is 0.308. The Balaban J connectivity index is 2.30. The maximum absolute atomic E-state index is 13.1. The third kappa shape index (κ3) is 2.53. The standard InChI is InChI=1S/C13H16FN3/c1-2-8-17-12(6-7-16-17)13(15)10-4-3-5-11(14)9-10/h3-7,9,13H,2,8,15H2,1H3. The van der Waals surface area contributed by atoms with Crippen molar-refractivity contribution in [2.24, 2.45) is 5.73 Å². The van der Waals surface area contributed by atoms with Crippen LogP contribution in [0.2, 0.25) is 0 Å². The first-order valence-corrected chi connectivity index (χ1v) is 5.75. The minimum Gasteiger partial charge on any atom is -0.319 e. The van der Waals surface area contributed by atoms with Crippen LogP contribution in [0.5, 0.6) is 0 Å². The maximum Gasteiger partial charge on any atom is 0.123 e. The van der Waals surface area contributed by atoms with Gasteiger partial charge in [0.2, 0.25) is 0 Å². The van der Waals surface area contributed by atoms with Crippen molar-refractivity contribution in [2.45, 2.75) is 25.9 Å². The summed E-state index contributed by atoms with van der Waals surface area (Å²) in [5, 5.41) is 4.22. The van der Waals surface area contributed by atoms with Crippen LogP contribution < -0.4 is 5.73 Å². The SMILES string of the molecule is CCCn1nccc1C(N)c1cccc(F)c1. The summed E-state index contributed by atoms with van der Waals surface area (Å²) >= 11 is 0. The predicted octanol–water partition coefficient (Wildman–Crippen LogP) is 2.48. The molecule has 3 nitrogen and oxygen atoms in total. The van der Waals surface area contributed by atoms with Crippen molar-refractivity contribution in [3.8, 4) is 0 Å². The van der Waals surface area contributed by atoms with Crippen LogP contribution in [0.15, 0.2) is 36.5 Å². The monoisotopic (exact) mass is 233 g/mol. The predicted molar refractivity (Wildman–Crippen MR) is 64.9 cm³/mol. The fourth-order valence-electron chi connectivity index (χ4n) is 1.88. The second kappa shape index (κ2) is 5.10. The highest BCUT2D eigenvalue weighted by Crippen LogP contribution is 2.20. The smallest absolute Gasteiger partial charge is 0.123 e. The summed E-state index contributed by atoms with van der Waals surface area (Å²) in [4.78, 5) is 0. The summed E-state index contributed by atoms with van der Waals surface area (Å²) in [6.07, 6.45) is 2.72. The summed E-state index contributed by atoms with van der Waals surface area (Å²) in [6.45, 7) is 2.91. The van der Waals surface area contributed by atoms with Gasteiger partial charge in [-0.1, -0.05) is 19.1 Å². The van der Waals surface area contributed by atoms with Gasteiger partial charge in [-0.25, -0.2) is 4.39 Å². The normalized spacial score (nSPS) is 12.6. The van der Waals surface area contributed by atoms with Gasteiger partial charge in [0.05, 0.1) is 11.7 Å². The average Bonchev–Trinajstić information content (AvgIpc) is 2.77. The lowest BCUT2D eigenvalue weighted by Crippen LogP contribution is -2.17. The van der Waals surface area contributed by atoms with Gasteiger partial charge >= 0.3 is 0 Å². The molecule has 0 bridgehead atoms. The second-order valence-electron chi connectivity index (χ2n) is 4.01. The Morgan fingerprint density at radius 1 is 1.41 bits per heavy atom. The summed E-state index contributed by atoms with van der Waals surface area (Å²) < 4.78 is 15.0. The molecule has 0 saturated carbocycles. The van der Waals surface area contributed by atoms with Gasteiger partial charge in [0.1, 0.15) is 5.82 Å². The van der Waals surface area contributed by atoms with Crippen molar-refractivity contribution in [1.82, 2.24) is 9.78 Å². The average molecular weight is 233 g/mol. The van der Waals surface area contributed by atoms with E-state index in [-0.39, 0.29) is 11.9 Å². The molecule has 0 fully saturated rings. The van der Waals surface area contributed by atoms with Crippen molar-refractivity contribution in [2.75, 3.05) is 0 Å². The largest absolute Gasteiger partial charge is 0.319 e. The van der Waals surface area contributed by atoms with Crippen LogP contribution in [0, 0.1) is 5.82 Å². The molecule has 0 spiro atoms. The van der Waals surface area contributed by atoms with E-state index >= 15 is 0 Å². The first kappa shape index (κ1) is 11.8. The van der Waals surface area contributed by atoms with Gasteiger partial charge < -0.3 is 5.73 Å². The van der Waals surface area contributed by atoms with Gasteiger partial charge in [0, 0.05) is 12.7 Å². The van der Waals surface area contributed by atoms with Gasteiger partial charge in [-0.05, 0) is 30.2 Å². The van der Waals surface area contributed by atoms with Crippen molar-refractivity contribution < 1.29 is 4.39 Å². The third-order valence-corrected chi connectivity index (χ3v) is 2.71. The van der Waals surface area contributed by atoms with Crippen LogP contribution in [0.4, 0.5) is 4.39 Å². The molecule has 1 atom stereocenters. The minimum atomic E-state index is -0.334. The van der Waals surface area contributed by atoms with Crippen molar-refractivity contribution in [1.29, 1.82) is 0 Å². The lowest BCUT2D eigenvalue weighted by atomic mass is 10.0. The number of hydrogen-bond acceptors (Lipinski definition) is 2. The highest BCUT2D eigenvalue weighted by molar-refractivity contribution is 5.27. The maximum atomic E-state index is 13.1. The Morgan fingerprint density at radius 2 is 2.24 bits per heavy atom. The highest BCUT2D eigenvalue weighted by Gasteiger charge is 2.13. The second-order valence-corrected chi connectivity index (χ2v) is 4.01. The van der Waals surface area contributed by atoms with Gasteiger partial charge in [-0.15, -0.1) is 0 Å². The number of hydrogen-bond donors (Lipinski definition) is 1. The molecule has 2 aromatic rings. The number of aryl methyl sites for hydroxylation is 1. The first-order chi connectivity index (χ1) is 8.22. The minimum absolute atomic E-state index is 0.264. The molecule has 1 unspecified atom stereocenters. The molecular weight excluding hydrogens is 217 g/mol. The van der Waals surface area contributed by atoms with Gasteiger partial charge in [-0.2, -0.15) is 5.10 Å². The molecule has 4 heteroatoms. The zero-order valence-corrected chi connectivity index (χ0v) is 9.81. The lowest BCUT2D eigenvalue weighted by Gasteiger charge is -2.14. The summed E-state index contributed by atoms with van der Waals surface area (Å²) in [7, 11) is 0. The lowest BCUT2D eigenvalue weighted by molar-refractivity contribution is 0.558. The van der Waals surface area contributed by atoms with E-state index < -0.39 is 0 Å². The molecule has 0 radical (unpaired) electrons. The molecule has 0 aliphatic carbocycles. The van der Waals surface area contributed by atoms with E-state index in [1.165, 1.54) is 12.1 Å². The topological polar surface area (TPSA) is 43.8 Å². The first-order valence-electron chi connectivity index (χ1n) is 5.75. The van der Waals surface area contributed by atoms with E-state index in [9.17, 15) is 4.39 Å². The molecule has 17 heavy (non-hydrogen) atoms. The molecule has 2 N–H and O–H groups in total. The van der Waals surface area contributed by atoms with E-state index in [2.05, 4.69) is 12.0 Å². The molecule has 0 aliphatic rings. The third-order valence-electron chi connectivity index (χ3n) is 2.71.